The number of imidazole rings is 1. The van der Waals surface area contributed by atoms with Crippen LogP contribution in [0, 0.1) is 0 Å². The summed E-state index contributed by atoms with van der Waals surface area (Å²) >= 11 is 0. The zero-order valence-corrected chi connectivity index (χ0v) is 10.3. The van der Waals surface area contributed by atoms with Crippen molar-refractivity contribution in [1.29, 1.82) is 0 Å². The summed E-state index contributed by atoms with van der Waals surface area (Å²) in [5, 5.41) is 2.86. The van der Waals surface area contributed by atoms with Crippen molar-refractivity contribution in [1.82, 2.24) is 14.9 Å². The van der Waals surface area contributed by atoms with Crippen LogP contribution in [0.5, 0.6) is 0 Å². The molecule has 1 heterocycles. The summed E-state index contributed by atoms with van der Waals surface area (Å²) in [6.07, 6.45) is 4.10. The Labute approximate surface area is 101 Å². The van der Waals surface area contributed by atoms with Gasteiger partial charge in [-0.05, 0) is 13.3 Å². The number of methoxy groups -OCH3 is 1. The van der Waals surface area contributed by atoms with Gasteiger partial charge < -0.3 is 20.4 Å². The van der Waals surface area contributed by atoms with E-state index in [9.17, 15) is 4.79 Å². The molecule has 3 N–H and O–H groups in total. The Bertz CT molecular complexity index is 351. The van der Waals surface area contributed by atoms with Crippen LogP contribution in [-0.2, 0) is 11.3 Å². The molecule has 96 valence electrons. The van der Waals surface area contributed by atoms with Gasteiger partial charge >= 0.3 is 0 Å². The first-order chi connectivity index (χ1) is 8.17. The number of nitrogens with two attached hydrogens (primary N) is 1. The number of aromatic nitrogens is 2. The highest BCUT2D eigenvalue weighted by molar-refractivity contribution is 5.92. The van der Waals surface area contributed by atoms with Gasteiger partial charge in [-0.3, -0.25) is 4.79 Å². The van der Waals surface area contributed by atoms with Crippen LogP contribution in [0.15, 0.2) is 12.5 Å². The molecule has 6 nitrogen and oxygen atoms in total. The molecule has 0 saturated heterocycles. The van der Waals surface area contributed by atoms with E-state index in [-0.39, 0.29) is 11.9 Å². The van der Waals surface area contributed by atoms with Gasteiger partial charge in [-0.2, -0.15) is 0 Å². The molecule has 0 saturated carbocycles. The number of nitrogens with one attached hydrogen (secondary N) is 1. The average molecular weight is 240 g/mol. The minimum atomic E-state index is -0.163. The van der Waals surface area contributed by atoms with Gasteiger partial charge in [-0.25, -0.2) is 4.98 Å². The third-order valence-electron chi connectivity index (χ3n) is 2.39. The quantitative estimate of drug-likeness (QED) is 0.702. The van der Waals surface area contributed by atoms with Crippen molar-refractivity contribution >= 4 is 5.91 Å². The number of ether oxygens (including phenoxy) is 1. The minimum Gasteiger partial charge on any atom is -0.385 e. The average Bonchev–Trinajstić information content (AvgIpc) is 2.75. The number of amides is 1. The largest absolute Gasteiger partial charge is 0.385 e. The predicted octanol–water partition coefficient (Wildman–Crippen LogP) is -0.00340. The highest BCUT2D eigenvalue weighted by Crippen LogP contribution is 1.98. The van der Waals surface area contributed by atoms with Gasteiger partial charge in [0.05, 0.1) is 6.33 Å². The molecule has 0 spiro atoms. The first kappa shape index (κ1) is 13.7. The highest BCUT2D eigenvalue weighted by Gasteiger charge is 2.12. The Morgan fingerprint density at radius 1 is 1.71 bits per heavy atom. The van der Waals surface area contributed by atoms with E-state index in [0.717, 1.165) is 6.42 Å². The molecule has 0 radical (unpaired) electrons. The van der Waals surface area contributed by atoms with Crippen molar-refractivity contribution in [2.45, 2.75) is 25.9 Å². The molecule has 1 aromatic heterocycles. The standard InChI is InChI=1S/C11H20N4O2/c1-9(3-6-17-2)14-11(16)10-7-15(5-4-12)8-13-10/h7-9H,3-6,12H2,1-2H3,(H,14,16). The van der Waals surface area contributed by atoms with E-state index in [2.05, 4.69) is 10.3 Å². The molecular weight excluding hydrogens is 220 g/mol. The summed E-state index contributed by atoms with van der Waals surface area (Å²) in [6.45, 7) is 3.76. The van der Waals surface area contributed by atoms with Crippen LogP contribution in [-0.4, -0.2) is 41.8 Å². The number of hydrogen-bond donors (Lipinski definition) is 2. The molecule has 1 amide bonds. The number of hydrogen-bond acceptors (Lipinski definition) is 4. The Kier molecular flexibility index (Phi) is 5.65. The molecule has 0 aliphatic carbocycles. The van der Waals surface area contributed by atoms with Crippen LogP contribution in [0.2, 0.25) is 0 Å². The second kappa shape index (κ2) is 7.03. The van der Waals surface area contributed by atoms with Crippen molar-refractivity contribution in [3.05, 3.63) is 18.2 Å². The molecule has 0 aliphatic rings. The fraction of sp³-hybridized carbons (Fsp3) is 0.636. The lowest BCUT2D eigenvalue weighted by molar-refractivity contribution is 0.0925. The van der Waals surface area contributed by atoms with Crippen LogP contribution >= 0.6 is 0 Å². The van der Waals surface area contributed by atoms with Gasteiger partial charge in [0.2, 0.25) is 0 Å². The molecule has 17 heavy (non-hydrogen) atoms. The zero-order chi connectivity index (χ0) is 12.7. The summed E-state index contributed by atoms with van der Waals surface area (Å²) in [7, 11) is 1.64. The summed E-state index contributed by atoms with van der Waals surface area (Å²) in [4.78, 5) is 15.8. The van der Waals surface area contributed by atoms with Crippen molar-refractivity contribution in [2.24, 2.45) is 5.73 Å². The van der Waals surface area contributed by atoms with E-state index in [4.69, 9.17) is 10.5 Å². The van der Waals surface area contributed by atoms with E-state index in [1.165, 1.54) is 0 Å². The van der Waals surface area contributed by atoms with Gasteiger partial charge in [0.1, 0.15) is 5.69 Å². The maximum Gasteiger partial charge on any atom is 0.271 e. The second-order valence-electron chi connectivity index (χ2n) is 3.94. The second-order valence-corrected chi connectivity index (χ2v) is 3.94. The Balaban J connectivity index is 2.45. The first-order valence-corrected chi connectivity index (χ1v) is 5.69. The fourth-order valence-electron chi connectivity index (χ4n) is 1.41. The topological polar surface area (TPSA) is 82.2 Å². The van der Waals surface area contributed by atoms with E-state index in [1.807, 2.05) is 6.92 Å². The number of carbonyl (C=O) groups is 1. The lowest BCUT2D eigenvalue weighted by Crippen LogP contribution is -2.33. The number of rotatable bonds is 7. The Morgan fingerprint density at radius 2 is 2.47 bits per heavy atom. The monoisotopic (exact) mass is 240 g/mol. The Hall–Kier alpha value is -1.40. The van der Waals surface area contributed by atoms with Crippen LogP contribution in [0.1, 0.15) is 23.8 Å². The van der Waals surface area contributed by atoms with Crippen LogP contribution < -0.4 is 11.1 Å². The Morgan fingerprint density at radius 3 is 3.12 bits per heavy atom. The van der Waals surface area contributed by atoms with Crippen LogP contribution in [0.25, 0.3) is 0 Å². The van der Waals surface area contributed by atoms with E-state index in [0.29, 0.717) is 25.4 Å². The molecule has 1 atom stereocenters. The van der Waals surface area contributed by atoms with Gasteiger partial charge in [0, 0.05) is 39.0 Å². The molecule has 0 fully saturated rings. The maximum absolute atomic E-state index is 11.8. The maximum atomic E-state index is 11.8. The lowest BCUT2D eigenvalue weighted by Gasteiger charge is -2.11. The molecule has 0 bridgehead atoms. The summed E-state index contributed by atoms with van der Waals surface area (Å²) in [5.74, 6) is -0.163. The summed E-state index contributed by atoms with van der Waals surface area (Å²) in [6, 6.07) is 0.0714. The van der Waals surface area contributed by atoms with Crippen LogP contribution in [0.3, 0.4) is 0 Å². The predicted molar refractivity (Wildman–Crippen MR) is 64.7 cm³/mol. The highest BCUT2D eigenvalue weighted by atomic mass is 16.5. The third-order valence-corrected chi connectivity index (χ3v) is 2.39. The van der Waals surface area contributed by atoms with Gasteiger partial charge in [-0.1, -0.05) is 0 Å². The van der Waals surface area contributed by atoms with E-state index >= 15 is 0 Å². The van der Waals surface area contributed by atoms with Crippen molar-refractivity contribution in [2.75, 3.05) is 20.3 Å². The van der Waals surface area contributed by atoms with E-state index in [1.54, 1.807) is 24.2 Å². The normalized spacial score (nSPS) is 12.4. The number of carbonyl (C=O) groups excluding carboxylic acids is 1. The molecular formula is C11H20N4O2. The van der Waals surface area contributed by atoms with Crippen molar-refractivity contribution in [3.8, 4) is 0 Å². The smallest absolute Gasteiger partial charge is 0.271 e. The lowest BCUT2D eigenvalue weighted by atomic mass is 10.2. The third kappa shape index (κ3) is 4.54. The molecule has 1 aromatic rings. The van der Waals surface area contributed by atoms with Gasteiger partial charge in [0.25, 0.3) is 5.91 Å². The minimum absolute atomic E-state index is 0.0714. The molecule has 6 heteroatoms. The van der Waals surface area contributed by atoms with Gasteiger partial charge in [0.15, 0.2) is 0 Å². The van der Waals surface area contributed by atoms with Crippen molar-refractivity contribution in [3.63, 3.8) is 0 Å². The molecule has 0 aliphatic heterocycles. The fourth-order valence-corrected chi connectivity index (χ4v) is 1.41. The summed E-state index contributed by atoms with van der Waals surface area (Å²) < 4.78 is 6.75. The molecule has 0 aromatic carbocycles. The molecule has 1 unspecified atom stereocenters. The van der Waals surface area contributed by atoms with Crippen LogP contribution in [0.4, 0.5) is 0 Å². The SMILES string of the molecule is COCCC(C)NC(=O)c1cn(CCN)cn1. The molecule has 1 rings (SSSR count). The van der Waals surface area contributed by atoms with E-state index < -0.39 is 0 Å². The summed E-state index contributed by atoms with van der Waals surface area (Å²) in [5.41, 5.74) is 5.84. The number of nitrogens with zero attached hydrogens (tertiary/aromatic N) is 2. The van der Waals surface area contributed by atoms with Crippen molar-refractivity contribution < 1.29 is 9.53 Å². The van der Waals surface area contributed by atoms with Gasteiger partial charge in [-0.15, -0.1) is 0 Å². The first-order valence-electron chi connectivity index (χ1n) is 5.69. The zero-order valence-electron chi connectivity index (χ0n) is 10.3.